The van der Waals surface area contributed by atoms with E-state index in [0.717, 1.165) is 37.8 Å². The molecule has 2 aliphatic rings. The first-order valence-electron chi connectivity index (χ1n) is 9.75. The Morgan fingerprint density at radius 1 is 1.28 bits per heavy atom. The Morgan fingerprint density at radius 3 is 2.72 bits per heavy atom. The Hall–Kier alpha value is -2.06. The molecule has 2 aliphatic heterocycles. The molecule has 0 saturated carbocycles. The van der Waals surface area contributed by atoms with Gasteiger partial charge in [-0.25, -0.2) is 0 Å². The van der Waals surface area contributed by atoms with Gasteiger partial charge in [-0.1, -0.05) is 37.0 Å². The second-order valence-corrected chi connectivity index (χ2v) is 8.70. The Bertz CT molecular complexity index is 840. The molecule has 29 heavy (non-hydrogen) atoms. The summed E-state index contributed by atoms with van der Waals surface area (Å²) >= 11 is 6.61. The minimum atomic E-state index is -0.229. The minimum absolute atomic E-state index is 0.00441. The number of thioether (sulfide) groups is 1. The van der Waals surface area contributed by atoms with E-state index in [0.29, 0.717) is 20.7 Å². The predicted octanol–water partition coefficient (Wildman–Crippen LogP) is 3.70. The van der Waals surface area contributed by atoms with E-state index in [4.69, 9.17) is 21.7 Å². The molecule has 6 nitrogen and oxygen atoms in total. The number of hydrogen-bond donors (Lipinski definition) is 0. The number of likely N-dealkylation sites (tertiary alicyclic amines) is 1. The number of benzene rings is 1. The molecule has 0 unspecified atom stereocenters. The molecule has 0 spiro atoms. The molecule has 0 N–H and O–H groups in total. The molecule has 1 atom stereocenters. The highest BCUT2D eigenvalue weighted by Crippen LogP contribution is 2.35. The van der Waals surface area contributed by atoms with Gasteiger partial charge in [0.1, 0.15) is 10.9 Å². The summed E-state index contributed by atoms with van der Waals surface area (Å²) in [6.07, 6.45) is 5.89. The number of methoxy groups -OCH3 is 2. The van der Waals surface area contributed by atoms with Gasteiger partial charge in [0.2, 0.25) is 5.91 Å². The van der Waals surface area contributed by atoms with Crippen LogP contribution < -0.4 is 9.47 Å². The lowest BCUT2D eigenvalue weighted by Gasteiger charge is -2.36. The van der Waals surface area contributed by atoms with Gasteiger partial charge in [-0.2, -0.15) is 0 Å². The van der Waals surface area contributed by atoms with Crippen LogP contribution in [-0.4, -0.2) is 59.3 Å². The average Bonchev–Trinajstić information content (AvgIpc) is 3.00. The topological polar surface area (TPSA) is 59.1 Å². The molecule has 1 aromatic carbocycles. The van der Waals surface area contributed by atoms with Crippen LogP contribution >= 0.6 is 24.0 Å². The quantitative estimate of drug-likeness (QED) is 0.503. The van der Waals surface area contributed by atoms with E-state index < -0.39 is 0 Å². The molecule has 1 aromatic rings. The number of nitrogens with zero attached hydrogens (tertiary/aromatic N) is 2. The highest BCUT2D eigenvalue weighted by atomic mass is 32.2. The van der Waals surface area contributed by atoms with Crippen LogP contribution in [0.3, 0.4) is 0 Å². The average molecular weight is 435 g/mol. The molecule has 2 amide bonds. The van der Waals surface area contributed by atoms with Crippen LogP contribution in [0, 0.1) is 0 Å². The molecule has 0 bridgehead atoms. The molecule has 2 fully saturated rings. The summed E-state index contributed by atoms with van der Waals surface area (Å²) in [5, 5.41) is 0. The highest BCUT2D eigenvalue weighted by molar-refractivity contribution is 8.26. The molecule has 3 rings (SSSR count). The van der Waals surface area contributed by atoms with Crippen molar-refractivity contribution in [2.24, 2.45) is 0 Å². The Balaban J connectivity index is 1.74. The molecule has 2 saturated heterocycles. The van der Waals surface area contributed by atoms with Gasteiger partial charge in [0, 0.05) is 12.6 Å². The van der Waals surface area contributed by atoms with Gasteiger partial charge >= 0.3 is 0 Å². The smallest absolute Gasteiger partial charge is 0.266 e. The van der Waals surface area contributed by atoms with E-state index in [1.807, 2.05) is 11.0 Å². The van der Waals surface area contributed by atoms with E-state index in [1.165, 1.54) is 16.7 Å². The molecule has 0 aliphatic carbocycles. The zero-order valence-corrected chi connectivity index (χ0v) is 18.6. The first-order valence-corrected chi connectivity index (χ1v) is 11.0. The van der Waals surface area contributed by atoms with Crippen molar-refractivity contribution in [2.75, 3.05) is 27.3 Å². The van der Waals surface area contributed by atoms with Crippen LogP contribution in [-0.2, 0) is 9.59 Å². The fraction of sp³-hybridized carbons (Fsp3) is 0.476. The zero-order valence-electron chi connectivity index (χ0n) is 17.0. The normalized spacial score (nSPS) is 21.1. The van der Waals surface area contributed by atoms with Crippen molar-refractivity contribution >= 4 is 46.2 Å². The van der Waals surface area contributed by atoms with E-state index in [9.17, 15) is 9.59 Å². The number of piperidine rings is 1. The van der Waals surface area contributed by atoms with Crippen LogP contribution in [0.4, 0.5) is 0 Å². The van der Waals surface area contributed by atoms with E-state index in [2.05, 4.69) is 6.92 Å². The number of carbonyl (C=O) groups is 2. The van der Waals surface area contributed by atoms with Gasteiger partial charge in [-0.05, 0) is 49.5 Å². The van der Waals surface area contributed by atoms with Crippen molar-refractivity contribution < 1.29 is 19.1 Å². The lowest BCUT2D eigenvalue weighted by molar-refractivity contribution is -0.138. The molecule has 0 radical (unpaired) electrons. The first kappa shape index (κ1) is 21.6. The first-order chi connectivity index (χ1) is 14.0. The third kappa shape index (κ3) is 4.75. The van der Waals surface area contributed by atoms with Crippen LogP contribution in [0.2, 0.25) is 0 Å². The van der Waals surface area contributed by atoms with Crippen LogP contribution in [0.25, 0.3) is 6.08 Å². The van der Waals surface area contributed by atoms with E-state index in [-0.39, 0.29) is 24.4 Å². The Kier molecular flexibility index (Phi) is 7.18. The summed E-state index contributed by atoms with van der Waals surface area (Å²) in [6, 6.07) is 5.70. The van der Waals surface area contributed by atoms with Crippen molar-refractivity contribution in [1.29, 1.82) is 0 Å². The van der Waals surface area contributed by atoms with Gasteiger partial charge < -0.3 is 14.4 Å². The molecule has 0 aromatic heterocycles. The summed E-state index contributed by atoms with van der Waals surface area (Å²) in [7, 11) is 3.14. The maximum absolute atomic E-state index is 12.9. The summed E-state index contributed by atoms with van der Waals surface area (Å²) in [5.74, 6) is 0.950. The van der Waals surface area contributed by atoms with E-state index >= 15 is 0 Å². The SMILES string of the molecule is CC[C@@H]1CCCCN1C(=O)CN1C(=O)/C(=C/c2ccc(OC)c(OC)c2)SC1=S. The van der Waals surface area contributed by atoms with Gasteiger partial charge in [0.15, 0.2) is 11.5 Å². The van der Waals surface area contributed by atoms with Gasteiger partial charge in [0.25, 0.3) is 5.91 Å². The summed E-state index contributed by atoms with van der Waals surface area (Å²) in [5.41, 5.74) is 0.802. The maximum atomic E-state index is 12.9. The zero-order chi connectivity index (χ0) is 21.0. The second-order valence-electron chi connectivity index (χ2n) is 7.03. The van der Waals surface area contributed by atoms with Crippen molar-refractivity contribution in [3.63, 3.8) is 0 Å². The van der Waals surface area contributed by atoms with E-state index in [1.54, 1.807) is 32.4 Å². The van der Waals surface area contributed by atoms with Crippen LogP contribution in [0.1, 0.15) is 38.2 Å². The Labute approximate surface area is 181 Å². The van der Waals surface area contributed by atoms with Gasteiger partial charge in [0.05, 0.1) is 19.1 Å². The van der Waals surface area contributed by atoms with Crippen molar-refractivity contribution in [3.8, 4) is 11.5 Å². The van der Waals surface area contributed by atoms with Gasteiger partial charge in [-0.15, -0.1) is 0 Å². The number of ether oxygens (including phenoxy) is 2. The third-order valence-corrected chi connectivity index (χ3v) is 6.67. The summed E-state index contributed by atoms with van der Waals surface area (Å²) in [6.45, 7) is 2.86. The summed E-state index contributed by atoms with van der Waals surface area (Å²) in [4.78, 5) is 29.6. The van der Waals surface area contributed by atoms with Crippen molar-refractivity contribution in [2.45, 2.75) is 38.6 Å². The molecule has 156 valence electrons. The lowest BCUT2D eigenvalue weighted by Crippen LogP contribution is -2.48. The molecule has 8 heteroatoms. The number of carbonyl (C=O) groups excluding carboxylic acids is 2. The van der Waals surface area contributed by atoms with Crippen LogP contribution in [0.15, 0.2) is 23.1 Å². The van der Waals surface area contributed by atoms with Crippen molar-refractivity contribution in [3.05, 3.63) is 28.7 Å². The third-order valence-electron chi connectivity index (χ3n) is 5.29. The fourth-order valence-corrected chi connectivity index (χ4v) is 4.96. The monoisotopic (exact) mass is 434 g/mol. The maximum Gasteiger partial charge on any atom is 0.266 e. The lowest BCUT2D eigenvalue weighted by atomic mass is 10.00. The standard InChI is InChI=1S/C21H26N2O4S2/c1-4-15-7-5-6-10-22(15)19(24)13-23-20(25)18(29-21(23)28)12-14-8-9-16(26-2)17(11-14)27-3/h8-9,11-12,15H,4-7,10,13H2,1-3H3/b18-12-/t15-/m1/s1. The molecular weight excluding hydrogens is 408 g/mol. The van der Waals surface area contributed by atoms with Crippen molar-refractivity contribution in [1.82, 2.24) is 9.80 Å². The predicted molar refractivity (Wildman–Crippen MR) is 119 cm³/mol. The van der Waals surface area contributed by atoms with Gasteiger partial charge in [-0.3, -0.25) is 14.5 Å². The highest BCUT2D eigenvalue weighted by Gasteiger charge is 2.35. The fourth-order valence-electron chi connectivity index (χ4n) is 3.71. The largest absolute Gasteiger partial charge is 0.493 e. The minimum Gasteiger partial charge on any atom is -0.493 e. The summed E-state index contributed by atoms with van der Waals surface area (Å²) < 4.78 is 11.0. The Morgan fingerprint density at radius 2 is 2.03 bits per heavy atom. The molecular formula is C21H26N2O4S2. The number of hydrogen-bond acceptors (Lipinski definition) is 6. The number of thiocarbonyl (C=S) groups is 1. The second kappa shape index (κ2) is 9.63. The number of rotatable bonds is 6. The number of amides is 2. The molecule has 2 heterocycles. The van der Waals surface area contributed by atoms with Crippen LogP contribution in [0.5, 0.6) is 11.5 Å².